The molecular weight excluding hydrogens is 352 g/mol. The molecule has 3 N–H and O–H groups in total. The van der Waals surface area contributed by atoms with E-state index in [-0.39, 0.29) is 28.3 Å². The van der Waals surface area contributed by atoms with Crippen LogP contribution in [0.1, 0.15) is 48.4 Å². The molecule has 26 heavy (non-hydrogen) atoms. The van der Waals surface area contributed by atoms with E-state index in [2.05, 4.69) is 10.3 Å². The largest absolute Gasteiger partial charge is 0.506 e. The highest BCUT2D eigenvalue weighted by molar-refractivity contribution is 6.32. The van der Waals surface area contributed by atoms with Gasteiger partial charge < -0.3 is 15.4 Å². The molecule has 4 rings (SSSR count). The normalized spacial score (nSPS) is 20.3. The number of hydrogen-bond donors (Lipinski definition) is 3. The van der Waals surface area contributed by atoms with Gasteiger partial charge >= 0.3 is 0 Å². The average Bonchev–Trinajstić information content (AvgIpc) is 3.37. The van der Waals surface area contributed by atoms with E-state index in [4.69, 9.17) is 11.6 Å². The van der Waals surface area contributed by atoms with E-state index in [1.807, 2.05) is 18.2 Å². The van der Waals surface area contributed by atoms with Crippen LogP contribution in [-0.4, -0.2) is 22.0 Å². The van der Waals surface area contributed by atoms with Crippen molar-refractivity contribution in [3.05, 3.63) is 68.6 Å². The number of amides is 1. The second-order valence-electron chi connectivity index (χ2n) is 6.89. The number of aromatic hydroxyl groups is 1. The van der Waals surface area contributed by atoms with Crippen LogP contribution in [-0.2, 0) is 4.79 Å². The second-order valence-corrected chi connectivity index (χ2v) is 7.30. The molecule has 0 spiro atoms. The minimum absolute atomic E-state index is 0.00140. The molecule has 6 heteroatoms. The summed E-state index contributed by atoms with van der Waals surface area (Å²) >= 11 is 6.07. The third-order valence-electron chi connectivity index (χ3n) is 4.90. The lowest BCUT2D eigenvalue weighted by molar-refractivity contribution is -0.119. The number of rotatable bonds is 4. The number of H-pyrrole nitrogens is 1. The molecule has 2 aromatic rings. The van der Waals surface area contributed by atoms with Crippen molar-refractivity contribution in [2.45, 2.75) is 37.6 Å². The standard InChI is InChI=1S/C20H19ClN2O3/c21-16-9-12(3-7-18(16)24)15(10-13-4-8-19(25)22-13)17-6-5-14(11-1-2-11)20(26)23-17/h3,5-7,9-11,13,24H,1-2,4,8H2,(H,22,25)(H,23,26)/b15-10+/t13-/m1/s1. The summed E-state index contributed by atoms with van der Waals surface area (Å²) in [6.45, 7) is 0. The molecule has 1 aliphatic heterocycles. The number of phenols is 1. The third kappa shape index (κ3) is 3.40. The van der Waals surface area contributed by atoms with Crippen molar-refractivity contribution < 1.29 is 9.90 Å². The maximum Gasteiger partial charge on any atom is 0.251 e. The van der Waals surface area contributed by atoms with Crippen molar-refractivity contribution >= 4 is 23.1 Å². The molecule has 1 saturated carbocycles. The van der Waals surface area contributed by atoms with Crippen LogP contribution in [0.25, 0.3) is 5.57 Å². The summed E-state index contributed by atoms with van der Waals surface area (Å²) in [6.07, 6.45) is 5.26. The summed E-state index contributed by atoms with van der Waals surface area (Å²) < 4.78 is 0. The molecule has 1 amide bonds. The lowest BCUT2D eigenvalue weighted by Gasteiger charge is -2.13. The fourth-order valence-corrected chi connectivity index (χ4v) is 3.52. The molecule has 1 saturated heterocycles. The zero-order valence-electron chi connectivity index (χ0n) is 14.1. The van der Waals surface area contributed by atoms with Gasteiger partial charge in [-0.15, -0.1) is 0 Å². The second kappa shape index (κ2) is 6.65. The number of benzene rings is 1. The molecule has 1 aliphatic carbocycles. The molecule has 1 aromatic heterocycles. The van der Waals surface area contributed by atoms with Crippen LogP contribution in [0.5, 0.6) is 5.75 Å². The summed E-state index contributed by atoms with van der Waals surface area (Å²) in [5.41, 5.74) is 2.96. The Labute approximate surface area is 155 Å². The molecule has 2 aliphatic rings. The number of hydrogen-bond acceptors (Lipinski definition) is 3. The number of halogens is 1. The lowest BCUT2D eigenvalue weighted by atomic mass is 9.98. The van der Waals surface area contributed by atoms with Gasteiger partial charge in [0.15, 0.2) is 0 Å². The number of nitrogens with one attached hydrogen (secondary N) is 2. The number of carbonyl (C=O) groups excluding carboxylic acids is 1. The van der Waals surface area contributed by atoms with Crippen molar-refractivity contribution in [3.63, 3.8) is 0 Å². The monoisotopic (exact) mass is 370 g/mol. The van der Waals surface area contributed by atoms with Crippen molar-refractivity contribution in [3.8, 4) is 5.75 Å². The maximum absolute atomic E-state index is 12.4. The quantitative estimate of drug-likeness (QED) is 0.772. The Morgan fingerprint density at radius 3 is 2.58 bits per heavy atom. The van der Waals surface area contributed by atoms with E-state index in [9.17, 15) is 14.7 Å². The molecule has 134 valence electrons. The van der Waals surface area contributed by atoms with Gasteiger partial charge in [0.25, 0.3) is 5.56 Å². The zero-order valence-corrected chi connectivity index (χ0v) is 14.8. The van der Waals surface area contributed by atoms with Crippen molar-refractivity contribution in [1.29, 1.82) is 0 Å². The van der Waals surface area contributed by atoms with Gasteiger partial charge in [-0.3, -0.25) is 9.59 Å². The van der Waals surface area contributed by atoms with E-state index in [1.54, 1.807) is 12.1 Å². The van der Waals surface area contributed by atoms with E-state index < -0.39 is 0 Å². The Morgan fingerprint density at radius 1 is 1.15 bits per heavy atom. The van der Waals surface area contributed by atoms with Gasteiger partial charge in [0.2, 0.25) is 5.91 Å². The highest BCUT2D eigenvalue weighted by Crippen LogP contribution is 2.38. The van der Waals surface area contributed by atoms with Crippen LogP contribution in [0.3, 0.4) is 0 Å². The van der Waals surface area contributed by atoms with E-state index in [0.29, 0.717) is 24.5 Å². The molecule has 1 atom stereocenters. The fraction of sp³-hybridized carbons (Fsp3) is 0.300. The molecule has 2 heterocycles. The summed E-state index contributed by atoms with van der Waals surface area (Å²) in [5, 5.41) is 12.8. The smallest absolute Gasteiger partial charge is 0.251 e. The summed E-state index contributed by atoms with van der Waals surface area (Å²) in [5.74, 6) is 0.394. The number of aromatic nitrogens is 1. The van der Waals surface area contributed by atoms with Crippen molar-refractivity contribution in [1.82, 2.24) is 10.3 Å². The number of carbonyl (C=O) groups is 1. The Bertz CT molecular complexity index is 960. The first-order chi connectivity index (χ1) is 12.5. The maximum atomic E-state index is 12.4. The molecule has 0 bridgehead atoms. The van der Waals surface area contributed by atoms with Crippen LogP contribution in [0.15, 0.2) is 41.2 Å². The molecule has 0 radical (unpaired) electrons. The number of aromatic amines is 1. The highest BCUT2D eigenvalue weighted by atomic mass is 35.5. The fourth-order valence-electron chi connectivity index (χ4n) is 3.34. The molecule has 1 aromatic carbocycles. The van der Waals surface area contributed by atoms with Crippen LogP contribution in [0.2, 0.25) is 5.02 Å². The minimum atomic E-state index is -0.100. The highest BCUT2D eigenvalue weighted by Gasteiger charge is 2.26. The van der Waals surface area contributed by atoms with Gasteiger partial charge in [-0.05, 0) is 48.9 Å². The predicted octanol–water partition coefficient (Wildman–Crippen LogP) is 3.32. The van der Waals surface area contributed by atoms with E-state index >= 15 is 0 Å². The first-order valence-corrected chi connectivity index (χ1v) is 9.13. The number of pyridine rings is 1. The first kappa shape index (κ1) is 16.9. The summed E-state index contributed by atoms with van der Waals surface area (Å²) in [4.78, 5) is 27.0. The Hall–Kier alpha value is -2.53. The van der Waals surface area contributed by atoms with Gasteiger partial charge in [0, 0.05) is 29.3 Å². The molecule has 2 fully saturated rings. The van der Waals surface area contributed by atoms with Gasteiger partial charge in [0.05, 0.1) is 5.02 Å². The van der Waals surface area contributed by atoms with Crippen LogP contribution in [0, 0.1) is 0 Å². The Morgan fingerprint density at radius 2 is 1.96 bits per heavy atom. The van der Waals surface area contributed by atoms with Crippen LogP contribution < -0.4 is 10.9 Å². The molecule has 5 nitrogen and oxygen atoms in total. The first-order valence-electron chi connectivity index (χ1n) is 8.75. The Kier molecular flexibility index (Phi) is 4.32. The Balaban J connectivity index is 1.78. The predicted molar refractivity (Wildman–Crippen MR) is 100 cm³/mol. The van der Waals surface area contributed by atoms with Gasteiger partial charge in [0.1, 0.15) is 5.75 Å². The third-order valence-corrected chi connectivity index (χ3v) is 5.21. The van der Waals surface area contributed by atoms with Gasteiger partial charge in [-0.25, -0.2) is 0 Å². The molecule has 0 unspecified atom stereocenters. The van der Waals surface area contributed by atoms with Crippen molar-refractivity contribution in [2.24, 2.45) is 0 Å². The van der Waals surface area contributed by atoms with E-state index in [0.717, 1.165) is 29.5 Å². The van der Waals surface area contributed by atoms with Crippen molar-refractivity contribution in [2.75, 3.05) is 0 Å². The zero-order chi connectivity index (χ0) is 18.3. The molecular formula is C20H19ClN2O3. The van der Waals surface area contributed by atoms with E-state index in [1.165, 1.54) is 6.07 Å². The SMILES string of the molecule is O=C1CC[C@H](/C=C(\c2ccc(O)c(Cl)c2)c2ccc(C3CC3)c(=O)[nH]2)N1. The lowest BCUT2D eigenvalue weighted by Crippen LogP contribution is -2.23. The average molecular weight is 371 g/mol. The van der Waals surface area contributed by atoms with Gasteiger partial charge in [-0.2, -0.15) is 0 Å². The van der Waals surface area contributed by atoms with Crippen LogP contribution >= 0.6 is 11.6 Å². The summed E-state index contributed by atoms with van der Waals surface area (Å²) in [7, 11) is 0. The topological polar surface area (TPSA) is 82.2 Å². The van der Waals surface area contributed by atoms with Crippen LogP contribution in [0.4, 0.5) is 0 Å². The van der Waals surface area contributed by atoms with Gasteiger partial charge in [-0.1, -0.05) is 29.8 Å². The number of phenolic OH excluding ortho intramolecular Hbond substituents is 1. The minimum Gasteiger partial charge on any atom is -0.506 e. The summed E-state index contributed by atoms with van der Waals surface area (Å²) in [6, 6.07) is 8.61.